The Labute approximate surface area is 145 Å². The molecule has 5 heteroatoms. The van der Waals surface area contributed by atoms with E-state index in [0.717, 1.165) is 36.8 Å². The smallest absolute Gasteiger partial charge is 0.0900 e. The van der Waals surface area contributed by atoms with Crippen LogP contribution >= 0.6 is 11.6 Å². The van der Waals surface area contributed by atoms with Crippen molar-refractivity contribution in [2.24, 2.45) is 0 Å². The molecule has 0 bridgehead atoms. The lowest BCUT2D eigenvalue weighted by atomic mass is 10.1. The Morgan fingerprint density at radius 3 is 2.35 bits per heavy atom. The largest absolute Gasteiger partial charge is 0.389 e. The molecule has 1 saturated heterocycles. The van der Waals surface area contributed by atoms with Gasteiger partial charge in [0.05, 0.1) is 18.8 Å². The number of nitrogens with zero attached hydrogens (tertiary/aromatic N) is 2. The van der Waals surface area contributed by atoms with Gasteiger partial charge in [-0.25, -0.2) is 0 Å². The van der Waals surface area contributed by atoms with Gasteiger partial charge in [-0.1, -0.05) is 30.7 Å². The topological polar surface area (TPSA) is 35.9 Å². The molecule has 1 heterocycles. The summed E-state index contributed by atoms with van der Waals surface area (Å²) in [7, 11) is 0. The molecule has 2 atom stereocenters. The van der Waals surface area contributed by atoms with Gasteiger partial charge in [0.25, 0.3) is 0 Å². The highest BCUT2D eigenvalue weighted by atomic mass is 35.5. The zero-order valence-corrected chi connectivity index (χ0v) is 15.0. The number of halogens is 1. The second-order valence-electron chi connectivity index (χ2n) is 6.32. The van der Waals surface area contributed by atoms with E-state index in [-0.39, 0.29) is 6.10 Å². The number of hydrogen-bond donors (Lipinski definition) is 1. The van der Waals surface area contributed by atoms with Crippen LogP contribution in [0, 0.1) is 0 Å². The predicted octanol–water partition coefficient (Wildman–Crippen LogP) is 2.81. The molecular weight excluding hydrogens is 312 g/mol. The van der Waals surface area contributed by atoms with E-state index in [1.807, 2.05) is 31.2 Å². The van der Waals surface area contributed by atoms with Crippen LogP contribution in [-0.2, 0) is 4.74 Å². The summed E-state index contributed by atoms with van der Waals surface area (Å²) in [5, 5.41) is 10.9. The summed E-state index contributed by atoms with van der Waals surface area (Å²) >= 11 is 5.89. The van der Waals surface area contributed by atoms with Gasteiger partial charge < -0.3 is 14.7 Å². The lowest BCUT2D eigenvalue weighted by Gasteiger charge is -2.35. The summed E-state index contributed by atoms with van der Waals surface area (Å²) in [6, 6.07) is 7.66. The van der Waals surface area contributed by atoms with Crippen LogP contribution in [0.4, 0.5) is 0 Å². The van der Waals surface area contributed by atoms with E-state index in [1.54, 1.807) is 0 Å². The number of hydrogen-bond acceptors (Lipinski definition) is 4. The summed E-state index contributed by atoms with van der Waals surface area (Å²) in [5.41, 5.74) is 1.08. The molecule has 0 unspecified atom stereocenters. The normalized spacial score (nSPS) is 19.7. The molecule has 1 aliphatic rings. The highest BCUT2D eigenvalue weighted by Crippen LogP contribution is 2.19. The average molecular weight is 341 g/mol. The molecule has 0 aromatic heterocycles. The number of ether oxygens (including phenoxy) is 1. The lowest BCUT2D eigenvalue weighted by Crippen LogP contribution is -2.49. The van der Waals surface area contributed by atoms with Gasteiger partial charge in [-0.15, -0.1) is 0 Å². The van der Waals surface area contributed by atoms with E-state index in [9.17, 15) is 5.11 Å². The van der Waals surface area contributed by atoms with E-state index in [1.165, 1.54) is 13.0 Å². The maximum atomic E-state index is 10.2. The number of rotatable bonds is 8. The number of benzene rings is 1. The van der Waals surface area contributed by atoms with Gasteiger partial charge in [0.15, 0.2) is 0 Å². The molecule has 0 aliphatic carbocycles. The van der Waals surface area contributed by atoms with Crippen molar-refractivity contribution < 1.29 is 9.84 Å². The summed E-state index contributed by atoms with van der Waals surface area (Å²) in [6.07, 6.45) is 0.727. The van der Waals surface area contributed by atoms with Gasteiger partial charge in [0.2, 0.25) is 0 Å². The maximum Gasteiger partial charge on any atom is 0.0900 e. The second kappa shape index (κ2) is 9.60. The molecule has 0 radical (unpaired) electrons. The second-order valence-corrected chi connectivity index (χ2v) is 6.76. The summed E-state index contributed by atoms with van der Waals surface area (Å²) in [4.78, 5) is 4.81. The third-order valence-corrected chi connectivity index (χ3v) is 4.60. The first-order valence-electron chi connectivity index (χ1n) is 8.58. The van der Waals surface area contributed by atoms with Crippen molar-refractivity contribution in [3.63, 3.8) is 0 Å². The monoisotopic (exact) mass is 340 g/mol. The molecular formula is C18H29ClN2O2. The van der Waals surface area contributed by atoms with E-state index >= 15 is 0 Å². The highest BCUT2D eigenvalue weighted by Gasteiger charge is 2.19. The van der Waals surface area contributed by atoms with Crippen LogP contribution < -0.4 is 0 Å². The van der Waals surface area contributed by atoms with E-state index in [0.29, 0.717) is 13.2 Å². The zero-order valence-electron chi connectivity index (χ0n) is 14.2. The fourth-order valence-electron chi connectivity index (χ4n) is 2.95. The zero-order chi connectivity index (χ0) is 16.7. The molecule has 1 N–H and O–H groups in total. The van der Waals surface area contributed by atoms with Gasteiger partial charge >= 0.3 is 0 Å². The van der Waals surface area contributed by atoms with Gasteiger partial charge in [-0.05, 0) is 37.6 Å². The van der Waals surface area contributed by atoms with Crippen LogP contribution in [-0.4, -0.2) is 66.9 Å². The van der Waals surface area contributed by atoms with E-state index in [2.05, 4.69) is 16.7 Å². The van der Waals surface area contributed by atoms with Crippen molar-refractivity contribution in [1.29, 1.82) is 0 Å². The number of β-amino-alcohol motifs (C(OH)–C–C–N with tert-alkyl or cyclic N) is 1. The summed E-state index contributed by atoms with van der Waals surface area (Å²) in [5.74, 6) is 0. The molecule has 0 saturated carbocycles. The minimum absolute atomic E-state index is 0.0386. The van der Waals surface area contributed by atoms with Crippen molar-refractivity contribution in [3.05, 3.63) is 34.9 Å². The van der Waals surface area contributed by atoms with Crippen LogP contribution in [0.5, 0.6) is 0 Å². The lowest BCUT2D eigenvalue weighted by molar-refractivity contribution is -0.0209. The molecule has 1 fully saturated rings. The summed E-state index contributed by atoms with van der Waals surface area (Å²) in [6.45, 7) is 10.7. The molecule has 0 spiro atoms. The predicted molar refractivity (Wildman–Crippen MR) is 95.0 cm³/mol. The van der Waals surface area contributed by atoms with Gasteiger partial charge in [-0.2, -0.15) is 0 Å². The Balaban J connectivity index is 1.67. The number of aliphatic hydroxyl groups is 1. The maximum absolute atomic E-state index is 10.2. The number of aliphatic hydroxyl groups excluding tert-OH is 1. The number of piperazine rings is 1. The fraction of sp³-hybridized carbons (Fsp3) is 0.667. The Morgan fingerprint density at radius 2 is 1.74 bits per heavy atom. The molecule has 23 heavy (non-hydrogen) atoms. The quantitative estimate of drug-likeness (QED) is 0.789. The molecule has 2 rings (SSSR count). The highest BCUT2D eigenvalue weighted by molar-refractivity contribution is 6.30. The van der Waals surface area contributed by atoms with Crippen LogP contribution in [0.2, 0.25) is 5.02 Å². The molecule has 1 aliphatic heterocycles. The van der Waals surface area contributed by atoms with Crippen LogP contribution in [0.1, 0.15) is 31.9 Å². The average Bonchev–Trinajstić information content (AvgIpc) is 2.55. The molecule has 4 nitrogen and oxygen atoms in total. The van der Waals surface area contributed by atoms with Crippen LogP contribution in [0.15, 0.2) is 24.3 Å². The van der Waals surface area contributed by atoms with Crippen LogP contribution in [0.25, 0.3) is 0 Å². The van der Waals surface area contributed by atoms with Crippen molar-refractivity contribution >= 4 is 11.6 Å². The minimum atomic E-state index is -0.442. The standard InChI is InChI=1S/C18H29ClN2O2/c1-3-8-20-9-11-21(12-10-20)13-18(22)14-23-15(2)16-4-6-17(19)7-5-16/h4-7,15,18,22H,3,8-14H2,1-2H3/t15-,18-/m1/s1. The summed E-state index contributed by atoms with van der Waals surface area (Å²) < 4.78 is 5.80. The van der Waals surface area contributed by atoms with Crippen molar-refractivity contribution in [2.75, 3.05) is 45.9 Å². The Kier molecular flexibility index (Phi) is 7.80. The van der Waals surface area contributed by atoms with Gasteiger partial charge in [0.1, 0.15) is 0 Å². The molecule has 130 valence electrons. The first-order valence-corrected chi connectivity index (χ1v) is 8.96. The first kappa shape index (κ1) is 18.7. The first-order chi connectivity index (χ1) is 11.1. The van der Waals surface area contributed by atoms with Gasteiger partial charge in [-0.3, -0.25) is 4.90 Å². The fourth-order valence-corrected chi connectivity index (χ4v) is 3.07. The molecule has 0 amide bonds. The Morgan fingerprint density at radius 1 is 1.13 bits per heavy atom. The Hall–Kier alpha value is -0.650. The van der Waals surface area contributed by atoms with Crippen molar-refractivity contribution in [3.8, 4) is 0 Å². The van der Waals surface area contributed by atoms with Crippen molar-refractivity contribution in [2.45, 2.75) is 32.5 Å². The van der Waals surface area contributed by atoms with Crippen LogP contribution in [0.3, 0.4) is 0 Å². The van der Waals surface area contributed by atoms with Crippen molar-refractivity contribution in [1.82, 2.24) is 9.80 Å². The third-order valence-electron chi connectivity index (χ3n) is 4.35. The third kappa shape index (κ3) is 6.40. The van der Waals surface area contributed by atoms with E-state index in [4.69, 9.17) is 16.3 Å². The minimum Gasteiger partial charge on any atom is -0.389 e. The Bertz CT molecular complexity index is 447. The molecule has 1 aromatic carbocycles. The SMILES string of the molecule is CCCN1CCN(C[C@@H](O)CO[C@H](C)c2ccc(Cl)cc2)CC1. The van der Waals surface area contributed by atoms with Gasteiger partial charge in [0, 0.05) is 37.7 Å². The molecule has 1 aromatic rings. The van der Waals surface area contributed by atoms with E-state index < -0.39 is 6.10 Å².